The molecule has 1 aromatic heterocycles. The maximum absolute atomic E-state index is 14.7. The molecule has 3 aromatic rings. The largest absolute Gasteiger partial charge is 0.508 e. The fourth-order valence-corrected chi connectivity index (χ4v) is 4.04. The summed E-state index contributed by atoms with van der Waals surface area (Å²) in [5.74, 6) is 0.415. The highest BCUT2D eigenvalue weighted by Gasteiger charge is 2.22. The SMILES string of the molecule is C[C@H]1CN(Cc2ccc(F)c(-c3ccnc(NCCc4cccc(O)c4)n3)c2)[C@@H](C)CN1. The molecule has 2 heterocycles. The van der Waals surface area contributed by atoms with Gasteiger partial charge in [-0.25, -0.2) is 14.4 Å². The van der Waals surface area contributed by atoms with Crippen LogP contribution in [0.1, 0.15) is 25.0 Å². The quantitative estimate of drug-likeness (QED) is 0.524. The highest BCUT2D eigenvalue weighted by atomic mass is 19.1. The van der Waals surface area contributed by atoms with E-state index < -0.39 is 0 Å². The zero-order chi connectivity index (χ0) is 22.5. The van der Waals surface area contributed by atoms with Crippen LogP contribution in [0.3, 0.4) is 0 Å². The van der Waals surface area contributed by atoms with Crippen LogP contribution in [-0.2, 0) is 13.0 Å². The molecule has 6 nitrogen and oxygen atoms in total. The Bertz CT molecular complexity index is 1060. The topological polar surface area (TPSA) is 73.3 Å². The predicted octanol–water partition coefficient (Wildman–Crippen LogP) is 3.83. The summed E-state index contributed by atoms with van der Waals surface area (Å²) in [6, 6.07) is 15.0. The molecule has 4 rings (SSSR count). The predicted molar refractivity (Wildman–Crippen MR) is 125 cm³/mol. The number of phenols is 1. The molecule has 0 bridgehead atoms. The fraction of sp³-hybridized carbons (Fsp3) is 0.360. The molecule has 2 aromatic carbocycles. The summed E-state index contributed by atoms with van der Waals surface area (Å²) in [5.41, 5.74) is 3.13. The highest BCUT2D eigenvalue weighted by molar-refractivity contribution is 5.61. The van der Waals surface area contributed by atoms with Gasteiger partial charge in [-0.1, -0.05) is 18.2 Å². The summed E-state index contributed by atoms with van der Waals surface area (Å²) in [6.45, 7) is 7.70. The molecular formula is C25H30FN5O. The van der Waals surface area contributed by atoms with Gasteiger partial charge < -0.3 is 15.7 Å². The molecule has 1 aliphatic rings. The highest BCUT2D eigenvalue weighted by Crippen LogP contribution is 2.24. The zero-order valence-electron chi connectivity index (χ0n) is 18.6. The number of aromatic nitrogens is 2. The van der Waals surface area contributed by atoms with E-state index in [1.165, 1.54) is 6.07 Å². The van der Waals surface area contributed by atoms with Gasteiger partial charge in [0.2, 0.25) is 5.95 Å². The summed E-state index contributed by atoms with van der Waals surface area (Å²) in [6.07, 6.45) is 2.36. The monoisotopic (exact) mass is 435 g/mol. The minimum Gasteiger partial charge on any atom is -0.508 e. The van der Waals surface area contributed by atoms with Gasteiger partial charge in [-0.15, -0.1) is 0 Å². The second-order valence-electron chi connectivity index (χ2n) is 8.51. The van der Waals surface area contributed by atoms with Crippen molar-refractivity contribution in [3.05, 3.63) is 71.7 Å². The summed E-state index contributed by atoms with van der Waals surface area (Å²) in [7, 11) is 0. The van der Waals surface area contributed by atoms with Gasteiger partial charge in [0.25, 0.3) is 0 Å². The Labute approximate surface area is 188 Å². The second-order valence-corrected chi connectivity index (χ2v) is 8.51. The van der Waals surface area contributed by atoms with Crippen molar-refractivity contribution in [3.8, 4) is 17.0 Å². The lowest BCUT2D eigenvalue weighted by atomic mass is 10.0. The molecule has 32 heavy (non-hydrogen) atoms. The molecule has 1 aliphatic heterocycles. The third kappa shape index (κ3) is 5.60. The smallest absolute Gasteiger partial charge is 0.223 e. The summed E-state index contributed by atoms with van der Waals surface area (Å²) < 4.78 is 14.7. The van der Waals surface area contributed by atoms with Gasteiger partial charge in [-0.3, -0.25) is 4.90 Å². The first-order valence-corrected chi connectivity index (χ1v) is 11.1. The maximum atomic E-state index is 14.7. The molecular weight excluding hydrogens is 405 g/mol. The minimum absolute atomic E-state index is 0.251. The summed E-state index contributed by atoms with van der Waals surface area (Å²) >= 11 is 0. The van der Waals surface area contributed by atoms with Gasteiger partial charge >= 0.3 is 0 Å². The fourth-order valence-electron chi connectivity index (χ4n) is 4.04. The first kappa shape index (κ1) is 22.2. The molecule has 168 valence electrons. The Morgan fingerprint density at radius 3 is 2.88 bits per heavy atom. The van der Waals surface area contributed by atoms with E-state index in [9.17, 15) is 9.50 Å². The van der Waals surface area contributed by atoms with E-state index in [1.54, 1.807) is 24.4 Å². The molecule has 7 heteroatoms. The van der Waals surface area contributed by atoms with E-state index in [-0.39, 0.29) is 11.6 Å². The molecule has 1 saturated heterocycles. The lowest BCUT2D eigenvalue weighted by Gasteiger charge is -2.37. The van der Waals surface area contributed by atoms with E-state index in [0.29, 0.717) is 42.3 Å². The van der Waals surface area contributed by atoms with Crippen LogP contribution in [0.2, 0.25) is 0 Å². The number of nitrogens with zero attached hydrogens (tertiary/aromatic N) is 3. The summed E-state index contributed by atoms with van der Waals surface area (Å²) in [4.78, 5) is 11.2. The molecule has 2 atom stereocenters. The Kier molecular flexibility index (Phi) is 6.97. The Balaban J connectivity index is 1.45. The number of benzene rings is 2. The van der Waals surface area contributed by atoms with Crippen LogP contribution < -0.4 is 10.6 Å². The van der Waals surface area contributed by atoms with Gasteiger partial charge in [0.15, 0.2) is 0 Å². The van der Waals surface area contributed by atoms with Gasteiger partial charge in [-0.05, 0) is 61.7 Å². The molecule has 0 saturated carbocycles. The van der Waals surface area contributed by atoms with Crippen molar-refractivity contribution in [2.75, 3.05) is 25.0 Å². The van der Waals surface area contributed by atoms with Crippen molar-refractivity contribution in [1.82, 2.24) is 20.2 Å². The van der Waals surface area contributed by atoms with Gasteiger partial charge in [-0.2, -0.15) is 0 Å². The average Bonchev–Trinajstić information content (AvgIpc) is 2.78. The second kappa shape index (κ2) is 10.1. The third-order valence-electron chi connectivity index (χ3n) is 5.85. The third-order valence-corrected chi connectivity index (χ3v) is 5.85. The minimum atomic E-state index is -0.292. The molecule has 0 radical (unpaired) electrons. The van der Waals surface area contributed by atoms with Crippen LogP contribution in [0.4, 0.5) is 10.3 Å². The first-order valence-electron chi connectivity index (χ1n) is 11.1. The van der Waals surface area contributed by atoms with E-state index in [1.807, 2.05) is 24.3 Å². The Morgan fingerprint density at radius 1 is 1.16 bits per heavy atom. The standard InChI is InChI=1S/C25H30FN5O/c1-17-15-31(18(2)14-29-17)16-20-6-7-23(26)22(13-20)24-9-11-28-25(30-24)27-10-8-19-4-3-5-21(32)12-19/h3-7,9,11-13,17-18,29,32H,8,10,14-16H2,1-2H3,(H,27,28,30)/t17-,18-/m0/s1. The van der Waals surface area contributed by atoms with Crippen LogP contribution in [0.5, 0.6) is 5.75 Å². The van der Waals surface area contributed by atoms with Crippen molar-refractivity contribution >= 4 is 5.95 Å². The molecule has 0 unspecified atom stereocenters. The summed E-state index contributed by atoms with van der Waals surface area (Å²) in [5, 5.41) is 16.3. The van der Waals surface area contributed by atoms with Gasteiger partial charge in [0.1, 0.15) is 11.6 Å². The van der Waals surface area contributed by atoms with Crippen LogP contribution in [0.15, 0.2) is 54.7 Å². The van der Waals surface area contributed by atoms with Crippen molar-refractivity contribution in [2.45, 2.75) is 38.9 Å². The number of hydrogen-bond acceptors (Lipinski definition) is 6. The lowest BCUT2D eigenvalue weighted by Crippen LogP contribution is -2.53. The maximum Gasteiger partial charge on any atom is 0.223 e. The number of anilines is 1. The van der Waals surface area contributed by atoms with Crippen LogP contribution in [-0.4, -0.2) is 51.7 Å². The van der Waals surface area contributed by atoms with Crippen LogP contribution in [0, 0.1) is 5.82 Å². The van der Waals surface area contributed by atoms with Gasteiger partial charge in [0, 0.05) is 50.0 Å². The number of hydrogen-bond donors (Lipinski definition) is 3. The van der Waals surface area contributed by atoms with Gasteiger partial charge in [0.05, 0.1) is 5.69 Å². The zero-order valence-corrected chi connectivity index (χ0v) is 18.6. The van der Waals surface area contributed by atoms with E-state index in [0.717, 1.165) is 30.8 Å². The number of phenolic OH excluding ortho intramolecular Hbond substituents is 1. The van der Waals surface area contributed by atoms with Crippen molar-refractivity contribution in [2.24, 2.45) is 0 Å². The Morgan fingerprint density at radius 2 is 2.03 bits per heavy atom. The average molecular weight is 436 g/mol. The van der Waals surface area contributed by atoms with Crippen molar-refractivity contribution in [1.29, 1.82) is 0 Å². The van der Waals surface area contributed by atoms with Crippen LogP contribution in [0.25, 0.3) is 11.3 Å². The molecule has 0 spiro atoms. The molecule has 1 fully saturated rings. The van der Waals surface area contributed by atoms with Crippen molar-refractivity contribution in [3.63, 3.8) is 0 Å². The lowest BCUT2D eigenvalue weighted by molar-refractivity contribution is 0.139. The van der Waals surface area contributed by atoms with Crippen molar-refractivity contribution < 1.29 is 9.50 Å². The van der Waals surface area contributed by atoms with E-state index >= 15 is 0 Å². The molecule has 3 N–H and O–H groups in total. The number of nitrogens with one attached hydrogen (secondary N) is 2. The Hall–Kier alpha value is -3.03. The number of rotatable bonds is 7. The van der Waals surface area contributed by atoms with Crippen LogP contribution >= 0.6 is 0 Å². The first-order chi connectivity index (χ1) is 15.5. The normalized spacial score (nSPS) is 19.1. The number of halogens is 1. The number of aromatic hydroxyl groups is 1. The number of piperazine rings is 1. The van der Waals surface area contributed by atoms with E-state index in [2.05, 4.69) is 39.3 Å². The molecule has 0 aliphatic carbocycles. The van der Waals surface area contributed by atoms with E-state index in [4.69, 9.17) is 0 Å². The molecule has 0 amide bonds.